The highest BCUT2D eigenvalue weighted by atomic mass is 16.5. The summed E-state index contributed by atoms with van der Waals surface area (Å²) in [7, 11) is 0. The summed E-state index contributed by atoms with van der Waals surface area (Å²) in [6.45, 7) is 0.517. The third-order valence-electron chi connectivity index (χ3n) is 5.69. The monoisotopic (exact) mass is 511 g/mol. The summed E-state index contributed by atoms with van der Waals surface area (Å²) in [5.74, 6) is -1.19. The highest BCUT2D eigenvalue weighted by Crippen LogP contribution is 2.33. The Morgan fingerprint density at radius 3 is 1.74 bits per heavy atom. The van der Waals surface area contributed by atoms with Crippen LogP contribution < -0.4 is 14.8 Å². The van der Waals surface area contributed by atoms with Crippen molar-refractivity contribution in [2.24, 2.45) is 0 Å². The molecule has 194 valence electrons. The Morgan fingerprint density at radius 2 is 1.18 bits per heavy atom. The maximum Gasteiger partial charge on any atom is 0.328 e. The molecule has 4 rings (SSSR count). The SMILES string of the molecule is O=C(N[C@@H](COCc1ccccc1)C(=O)O)c1cccc(OCc2ccccc2)c1OCc1ccccc1. The van der Waals surface area contributed by atoms with Gasteiger partial charge >= 0.3 is 5.97 Å². The Bertz CT molecular complexity index is 1310. The molecule has 2 N–H and O–H groups in total. The molecule has 0 unspecified atom stereocenters. The zero-order chi connectivity index (χ0) is 26.6. The van der Waals surface area contributed by atoms with E-state index in [4.69, 9.17) is 14.2 Å². The largest absolute Gasteiger partial charge is 0.485 e. The number of hydrogen-bond acceptors (Lipinski definition) is 5. The average Bonchev–Trinajstić information content (AvgIpc) is 2.96. The molecule has 0 saturated heterocycles. The number of hydrogen-bond donors (Lipinski definition) is 2. The molecule has 0 bridgehead atoms. The fourth-order valence-electron chi connectivity index (χ4n) is 3.70. The molecule has 0 aliphatic carbocycles. The Hall–Kier alpha value is -4.62. The lowest BCUT2D eigenvalue weighted by Crippen LogP contribution is -2.44. The van der Waals surface area contributed by atoms with Gasteiger partial charge in [-0.3, -0.25) is 4.79 Å². The van der Waals surface area contributed by atoms with Gasteiger partial charge in [-0.25, -0.2) is 4.79 Å². The van der Waals surface area contributed by atoms with E-state index in [2.05, 4.69) is 5.32 Å². The molecule has 0 radical (unpaired) electrons. The maximum absolute atomic E-state index is 13.3. The van der Waals surface area contributed by atoms with Crippen LogP contribution in [0.15, 0.2) is 109 Å². The smallest absolute Gasteiger partial charge is 0.328 e. The first-order chi connectivity index (χ1) is 18.6. The Kier molecular flexibility index (Phi) is 9.48. The van der Waals surface area contributed by atoms with Crippen molar-refractivity contribution in [3.05, 3.63) is 131 Å². The van der Waals surface area contributed by atoms with Crippen LogP contribution in [0.4, 0.5) is 0 Å². The zero-order valence-electron chi connectivity index (χ0n) is 20.8. The second-order valence-electron chi connectivity index (χ2n) is 8.55. The number of nitrogens with one attached hydrogen (secondary N) is 1. The molecule has 1 atom stereocenters. The van der Waals surface area contributed by atoms with Crippen LogP contribution in [0.2, 0.25) is 0 Å². The van der Waals surface area contributed by atoms with Gasteiger partial charge in [0.25, 0.3) is 5.91 Å². The number of carboxylic acids is 1. The molecule has 38 heavy (non-hydrogen) atoms. The van der Waals surface area contributed by atoms with E-state index in [1.807, 2.05) is 91.0 Å². The van der Waals surface area contributed by atoms with E-state index in [-0.39, 0.29) is 37.7 Å². The van der Waals surface area contributed by atoms with Crippen LogP contribution in [-0.4, -0.2) is 29.6 Å². The van der Waals surface area contributed by atoms with Crippen LogP contribution in [-0.2, 0) is 29.4 Å². The Morgan fingerprint density at radius 1 is 0.658 bits per heavy atom. The predicted octanol–water partition coefficient (Wildman–Crippen LogP) is 5.24. The fraction of sp³-hybridized carbons (Fsp3) is 0.161. The number of benzene rings is 4. The van der Waals surface area contributed by atoms with Gasteiger partial charge in [-0.15, -0.1) is 0 Å². The maximum atomic E-state index is 13.3. The molecule has 1 amide bonds. The lowest BCUT2D eigenvalue weighted by molar-refractivity contribution is -0.141. The molecule has 0 aliphatic heterocycles. The van der Waals surface area contributed by atoms with Gasteiger partial charge < -0.3 is 24.6 Å². The molecular weight excluding hydrogens is 482 g/mol. The molecule has 4 aromatic rings. The predicted molar refractivity (Wildman–Crippen MR) is 143 cm³/mol. The molecule has 0 saturated carbocycles. The van der Waals surface area contributed by atoms with Gasteiger partial charge in [0.2, 0.25) is 0 Å². The van der Waals surface area contributed by atoms with Crippen LogP contribution >= 0.6 is 0 Å². The second kappa shape index (κ2) is 13.6. The van der Waals surface area contributed by atoms with E-state index in [9.17, 15) is 14.7 Å². The summed E-state index contributed by atoms with van der Waals surface area (Å²) >= 11 is 0. The quantitative estimate of drug-likeness (QED) is 0.255. The van der Waals surface area contributed by atoms with E-state index >= 15 is 0 Å². The minimum Gasteiger partial charge on any atom is -0.485 e. The lowest BCUT2D eigenvalue weighted by atomic mass is 10.1. The molecule has 4 aromatic carbocycles. The Balaban J connectivity index is 1.50. The van der Waals surface area contributed by atoms with E-state index in [1.165, 1.54) is 0 Å². The van der Waals surface area contributed by atoms with Crippen LogP contribution in [0.3, 0.4) is 0 Å². The van der Waals surface area contributed by atoms with E-state index in [0.717, 1.165) is 16.7 Å². The number of amides is 1. The van der Waals surface area contributed by atoms with Gasteiger partial charge in [-0.1, -0.05) is 97.1 Å². The standard InChI is InChI=1S/C31H29NO6/c33-30(32-27(31(34)35)22-36-19-23-11-4-1-5-12-23)26-17-10-18-28(37-20-24-13-6-2-7-14-24)29(26)38-21-25-15-8-3-9-16-25/h1-18,27H,19-22H2,(H,32,33)(H,34,35)/t27-/m0/s1. The second-order valence-corrected chi connectivity index (χ2v) is 8.55. The normalized spacial score (nSPS) is 11.4. The first-order valence-corrected chi connectivity index (χ1v) is 12.2. The minimum absolute atomic E-state index is 0.167. The molecule has 0 aromatic heterocycles. The minimum atomic E-state index is -1.25. The molecule has 0 fully saturated rings. The average molecular weight is 512 g/mol. The first-order valence-electron chi connectivity index (χ1n) is 12.2. The molecule has 0 heterocycles. The summed E-state index contributed by atoms with van der Waals surface area (Å²) in [5.41, 5.74) is 2.94. The summed E-state index contributed by atoms with van der Waals surface area (Å²) < 4.78 is 17.7. The van der Waals surface area contributed by atoms with E-state index < -0.39 is 17.9 Å². The van der Waals surface area contributed by atoms with Crippen molar-refractivity contribution in [1.29, 1.82) is 0 Å². The summed E-state index contributed by atoms with van der Waals surface area (Å²) in [6.07, 6.45) is 0. The van der Waals surface area contributed by atoms with Crippen LogP contribution in [0, 0.1) is 0 Å². The van der Waals surface area contributed by atoms with Gasteiger partial charge in [-0.2, -0.15) is 0 Å². The molecular formula is C31H29NO6. The van der Waals surface area contributed by atoms with Crippen molar-refractivity contribution >= 4 is 11.9 Å². The molecule has 7 heteroatoms. The van der Waals surface area contributed by atoms with Crippen molar-refractivity contribution in [3.63, 3.8) is 0 Å². The number of para-hydroxylation sites is 1. The van der Waals surface area contributed by atoms with Crippen LogP contribution in [0.1, 0.15) is 27.0 Å². The third kappa shape index (κ3) is 7.69. The lowest BCUT2D eigenvalue weighted by Gasteiger charge is -2.19. The first kappa shape index (κ1) is 26.4. The number of carbonyl (C=O) groups excluding carboxylic acids is 1. The zero-order valence-corrected chi connectivity index (χ0v) is 20.8. The molecule has 0 spiro atoms. The third-order valence-corrected chi connectivity index (χ3v) is 5.69. The Labute approximate surface area is 221 Å². The van der Waals surface area contributed by atoms with Gasteiger partial charge in [0.05, 0.1) is 18.8 Å². The fourth-order valence-corrected chi connectivity index (χ4v) is 3.70. The number of rotatable bonds is 13. The van der Waals surface area contributed by atoms with Crippen molar-refractivity contribution in [2.75, 3.05) is 6.61 Å². The van der Waals surface area contributed by atoms with Gasteiger partial charge in [0, 0.05) is 0 Å². The van der Waals surface area contributed by atoms with Crippen LogP contribution in [0.5, 0.6) is 11.5 Å². The molecule has 7 nitrogen and oxygen atoms in total. The van der Waals surface area contributed by atoms with Gasteiger partial charge in [0.1, 0.15) is 13.2 Å². The number of carboxylic acid groups (broad SMARTS) is 1. The summed E-state index contributed by atoms with van der Waals surface area (Å²) in [4.78, 5) is 25.2. The van der Waals surface area contributed by atoms with E-state index in [0.29, 0.717) is 5.75 Å². The highest BCUT2D eigenvalue weighted by molar-refractivity contribution is 5.99. The number of ether oxygens (including phenoxy) is 3. The van der Waals surface area contributed by atoms with Crippen molar-refractivity contribution in [1.82, 2.24) is 5.32 Å². The molecule has 0 aliphatic rings. The van der Waals surface area contributed by atoms with Crippen molar-refractivity contribution in [2.45, 2.75) is 25.9 Å². The highest BCUT2D eigenvalue weighted by Gasteiger charge is 2.24. The topological polar surface area (TPSA) is 94.1 Å². The van der Waals surface area contributed by atoms with Crippen molar-refractivity contribution < 1.29 is 28.9 Å². The van der Waals surface area contributed by atoms with Crippen LogP contribution in [0.25, 0.3) is 0 Å². The van der Waals surface area contributed by atoms with E-state index in [1.54, 1.807) is 18.2 Å². The van der Waals surface area contributed by atoms with Gasteiger partial charge in [0.15, 0.2) is 17.5 Å². The van der Waals surface area contributed by atoms with Gasteiger partial charge in [-0.05, 0) is 28.8 Å². The number of aliphatic carboxylic acids is 1. The summed E-state index contributed by atoms with van der Waals surface area (Å²) in [6, 6.07) is 32.3. The number of carbonyl (C=O) groups is 2. The van der Waals surface area contributed by atoms with Crippen molar-refractivity contribution in [3.8, 4) is 11.5 Å². The summed E-state index contributed by atoms with van der Waals surface area (Å²) in [5, 5.41) is 12.3.